The predicted octanol–water partition coefficient (Wildman–Crippen LogP) is 3.31. The standard InChI is InChI=1S/C18H24FNO5/c1-11-8-14(19)15(9-13(11)16(21)23-5)24-10-12-6-7-20(12)17(22)25-18(2,3)4/h8-9,12H,6-7,10H2,1-5H3/t12-/m0/s1. The Morgan fingerprint density at radius 3 is 2.52 bits per heavy atom. The Labute approximate surface area is 146 Å². The van der Waals surface area contributed by atoms with Crippen LogP contribution in [0.1, 0.15) is 43.1 Å². The van der Waals surface area contributed by atoms with Crippen LogP contribution < -0.4 is 4.74 Å². The third-order valence-electron chi connectivity index (χ3n) is 3.89. The van der Waals surface area contributed by atoms with Crippen LogP contribution in [0.4, 0.5) is 9.18 Å². The Kier molecular flexibility index (Phi) is 5.55. The molecule has 0 aliphatic carbocycles. The van der Waals surface area contributed by atoms with Gasteiger partial charge in [0.05, 0.1) is 18.7 Å². The van der Waals surface area contributed by atoms with Crippen LogP contribution in [0.2, 0.25) is 0 Å². The van der Waals surface area contributed by atoms with Crippen molar-refractivity contribution in [2.24, 2.45) is 0 Å². The van der Waals surface area contributed by atoms with Gasteiger partial charge < -0.3 is 19.1 Å². The molecule has 1 atom stereocenters. The molecule has 1 heterocycles. The van der Waals surface area contributed by atoms with Crippen LogP contribution in [0.3, 0.4) is 0 Å². The Hall–Kier alpha value is -2.31. The van der Waals surface area contributed by atoms with Gasteiger partial charge in [-0.25, -0.2) is 14.0 Å². The molecule has 1 aliphatic heterocycles. The molecule has 1 amide bonds. The van der Waals surface area contributed by atoms with E-state index in [1.54, 1.807) is 32.6 Å². The molecule has 138 valence electrons. The lowest BCUT2D eigenvalue weighted by molar-refractivity contribution is -0.0143. The van der Waals surface area contributed by atoms with E-state index in [4.69, 9.17) is 9.47 Å². The maximum atomic E-state index is 14.1. The van der Waals surface area contributed by atoms with Gasteiger partial charge in [-0.05, 0) is 51.8 Å². The third-order valence-corrected chi connectivity index (χ3v) is 3.89. The highest BCUT2D eigenvalue weighted by atomic mass is 19.1. The van der Waals surface area contributed by atoms with Crippen LogP contribution in [0, 0.1) is 12.7 Å². The number of halogens is 1. The maximum Gasteiger partial charge on any atom is 0.410 e. The molecular weight excluding hydrogens is 329 g/mol. The van der Waals surface area contributed by atoms with E-state index in [0.717, 1.165) is 6.42 Å². The Morgan fingerprint density at radius 1 is 1.32 bits per heavy atom. The summed E-state index contributed by atoms with van der Waals surface area (Å²) in [5.74, 6) is -1.16. The first-order valence-corrected chi connectivity index (χ1v) is 8.13. The summed E-state index contributed by atoms with van der Waals surface area (Å²) in [7, 11) is 1.26. The average Bonchev–Trinajstić information content (AvgIpc) is 2.45. The molecule has 1 saturated heterocycles. The number of amides is 1. The molecule has 1 fully saturated rings. The minimum atomic E-state index is -0.573. The highest BCUT2D eigenvalue weighted by molar-refractivity contribution is 5.91. The van der Waals surface area contributed by atoms with Crippen molar-refractivity contribution >= 4 is 12.1 Å². The van der Waals surface area contributed by atoms with Crippen molar-refractivity contribution in [1.82, 2.24) is 4.90 Å². The van der Waals surface area contributed by atoms with Gasteiger partial charge in [0.15, 0.2) is 11.6 Å². The summed E-state index contributed by atoms with van der Waals surface area (Å²) in [6, 6.07) is 2.37. The van der Waals surface area contributed by atoms with Gasteiger partial charge in [-0.2, -0.15) is 0 Å². The second-order valence-electron chi connectivity index (χ2n) is 7.02. The summed E-state index contributed by atoms with van der Waals surface area (Å²) >= 11 is 0. The highest BCUT2D eigenvalue weighted by Crippen LogP contribution is 2.26. The molecule has 0 saturated carbocycles. The second kappa shape index (κ2) is 7.29. The molecule has 25 heavy (non-hydrogen) atoms. The van der Waals surface area contributed by atoms with Gasteiger partial charge >= 0.3 is 12.1 Å². The van der Waals surface area contributed by atoms with E-state index in [1.807, 2.05) is 0 Å². The number of rotatable bonds is 4. The number of benzene rings is 1. The largest absolute Gasteiger partial charge is 0.488 e. The lowest BCUT2D eigenvalue weighted by Crippen LogP contribution is -2.55. The number of aryl methyl sites for hydroxylation is 1. The monoisotopic (exact) mass is 353 g/mol. The van der Waals surface area contributed by atoms with Gasteiger partial charge in [0.2, 0.25) is 0 Å². The van der Waals surface area contributed by atoms with Gasteiger partial charge in [0.1, 0.15) is 12.2 Å². The summed E-state index contributed by atoms with van der Waals surface area (Å²) in [5, 5.41) is 0. The normalized spacial score (nSPS) is 16.9. The van der Waals surface area contributed by atoms with Crippen LogP contribution >= 0.6 is 0 Å². The van der Waals surface area contributed by atoms with Crippen LogP contribution in [0.25, 0.3) is 0 Å². The van der Waals surface area contributed by atoms with E-state index in [1.165, 1.54) is 19.2 Å². The van der Waals surface area contributed by atoms with Crippen LogP contribution in [0.5, 0.6) is 5.75 Å². The number of carbonyl (C=O) groups excluding carboxylic acids is 2. The van der Waals surface area contributed by atoms with Crippen molar-refractivity contribution in [3.05, 3.63) is 29.1 Å². The summed E-state index contributed by atoms with van der Waals surface area (Å²) in [5.41, 5.74) is 0.142. The number of ether oxygens (including phenoxy) is 3. The van der Waals surface area contributed by atoms with Gasteiger partial charge in [0, 0.05) is 6.54 Å². The zero-order valence-corrected chi connectivity index (χ0v) is 15.2. The fraction of sp³-hybridized carbons (Fsp3) is 0.556. The summed E-state index contributed by atoms with van der Waals surface area (Å²) in [4.78, 5) is 25.3. The Balaban J connectivity index is 2.02. The van der Waals surface area contributed by atoms with Crippen molar-refractivity contribution in [3.8, 4) is 5.75 Å². The van der Waals surface area contributed by atoms with Crippen LogP contribution in [-0.2, 0) is 9.47 Å². The third kappa shape index (κ3) is 4.61. The quantitative estimate of drug-likeness (QED) is 0.777. The number of esters is 1. The molecule has 1 aromatic carbocycles. The number of carbonyl (C=O) groups is 2. The molecule has 0 N–H and O–H groups in total. The molecule has 7 heteroatoms. The molecule has 0 aromatic heterocycles. The number of methoxy groups -OCH3 is 1. The first-order chi connectivity index (χ1) is 11.6. The smallest absolute Gasteiger partial charge is 0.410 e. The topological polar surface area (TPSA) is 65.1 Å². The van der Waals surface area contributed by atoms with Crippen LogP contribution in [0.15, 0.2) is 12.1 Å². The van der Waals surface area contributed by atoms with Gasteiger partial charge in [0.25, 0.3) is 0 Å². The van der Waals surface area contributed by atoms with Crippen molar-refractivity contribution in [2.45, 2.75) is 45.8 Å². The number of likely N-dealkylation sites (tertiary alicyclic amines) is 1. The summed E-state index contributed by atoms with van der Waals surface area (Å²) in [6.45, 7) is 7.71. The van der Waals surface area contributed by atoms with Crippen molar-refractivity contribution < 1.29 is 28.2 Å². The Morgan fingerprint density at radius 2 is 2.00 bits per heavy atom. The van der Waals surface area contributed by atoms with E-state index in [0.29, 0.717) is 12.1 Å². The van der Waals surface area contributed by atoms with E-state index in [9.17, 15) is 14.0 Å². The van der Waals surface area contributed by atoms with E-state index < -0.39 is 23.5 Å². The fourth-order valence-corrected chi connectivity index (χ4v) is 2.45. The molecule has 1 aromatic rings. The molecule has 0 bridgehead atoms. The average molecular weight is 353 g/mol. The lowest BCUT2D eigenvalue weighted by Gasteiger charge is -2.41. The second-order valence-corrected chi connectivity index (χ2v) is 7.02. The number of nitrogens with zero attached hydrogens (tertiary/aromatic N) is 1. The van der Waals surface area contributed by atoms with Gasteiger partial charge in [-0.3, -0.25) is 0 Å². The first kappa shape index (κ1) is 19.0. The maximum absolute atomic E-state index is 14.1. The number of hydrogen-bond donors (Lipinski definition) is 0. The summed E-state index contributed by atoms with van der Waals surface area (Å²) < 4.78 is 29.6. The fourth-order valence-electron chi connectivity index (χ4n) is 2.45. The zero-order valence-electron chi connectivity index (χ0n) is 15.2. The first-order valence-electron chi connectivity index (χ1n) is 8.13. The van der Waals surface area contributed by atoms with Crippen molar-refractivity contribution in [1.29, 1.82) is 0 Å². The van der Waals surface area contributed by atoms with Crippen molar-refractivity contribution in [2.75, 3.05) is 20.3 Å². The molecule has 0 spiro atoms. The van der Waals surface area contributed by atoms with E-state index in [2.05, 4.69) is 4.74 Å². The minimum absolute atomic E-state index is 0.0398. The molecule has 2 rings (SSSR count). The lowest BCUT2D eigenvalue weighted by atomic mass is 10.1. The zero-order chi connectivity index (χ0) is 18.8. The molecule has 0 unspecified atom stereocenters. The Bertz CT molecular complexity index is 668. The van der Waals surface area contributed by atoms with Gasteiger partial charge in [-0.15, -0.1) is 0 Å². The van der Waals surface area contributed by atoms with Crippen molar-refractivity contribution in [3.63, 3.8) is 0 Å². The molecular formula is C18H24FNO5. The van der Waals surface area contributed by atoms with E-state index in [-0.39, 0.29) is 24.0 Å². The molecule has 1 aliphatic rings. The number of hydrogen-bond acceptors (Lipinski definition) is 5. The predicted molar refractivity (Wildman–Crippen MR) is 89.3 cm³/mol. The SMILES string of the molecule is COC(=O)c1cc(OC[C@@H]2CCN2C(=O)OC(C)(C)C)c(F)cc1C. The van der Waals surface area contributed by atoms with E-state index >= 15 is 0 Å². The minimum Gasteiger partial charge on any atom is -0.488 e. The molecule has 6 nitrogen and oxygen atoms in total. The van der Waals surface area contributed by atoms with Crippen LogP contribution in [-0.4, -0.2) is 48.9 Å². The molecule has 0 radical (unpaired) electrons. The van der Waals surface area contributed by atoms with Gasteiger partial charge in [-0.1, -0.05) is 0 Å². The summed E-state index contributed by atoms with van der Waals surface area (Å²) in [6.07, 6.45) is 0.336. The highest BCUT2D eigenvalue weighted by Gasteiger charge is 2.35.